The average Bonchev–Trinajstić information content (AvgIpc) is 2.46. The molecule has 70 valence electrons. The molecule has 0 aromatic heterocycles. The maximum Gasteiger partial charge on any atom is 0.0317 e. The van der Waals surface area contributed by atoms with Gasteiger partial charge in [-0.05, 0) is 37.1 Å². The third-order valence-corrected chi connectivity index (χ3v) is 2.71. The summed E-state index contributed by atoms with van der Waals surface area (Å²) in [5, 5.41) is 0. The van der Waals surface area contributed by atoms with Crippen molar-refractivity contribution in [1.82, 2.24) is 4.90 Å². The number of anilines is 1. The number of nitrogens with zero attached hydrogens (tertiary/aromatic N) is 1. The molecule has 0 unspecified atom stereocenters. The Morgan fingerprint density at radius 2 is 1.92 bits per heavy atom. The van der Waals surface area contributed by atoms with Crippen molar-refractivity contribution in [3.63, 3.8) is 0 Å². The van der Waals surface area contributed by atoms with Gasteiger partial charge in [0.05, 0.1) is 0 Å². The molecule has 0 saturated heterocycles. The van der Waals surface area contributed by atoms with Crippen LogP contribution < -0.4 is 5.73 Å². The molecule has 0 spiro atoms. The van der Waals surface area contributed by atoms with Crippen molar-refractivity contribution in [2.45, 2.75) is 33.0 Å². The number of rotatable bonds is 1. The summed E-state index contributed by atoms with van der Waals surface area (Å²) < 4.78 is 0. The Labute approximate surface area is 79.4 Å². The van der Waals surface area contributed by atoms with Crippen LogP contribution in [0.15, 0.2) is 18.2 Å². The lowest BCUT2D eigenvalue weighted by Gasteiger charge is -2.18. The molecule has 2 heteroatoms. The van der Waals surface area contributed by atoms with Crippen LogP contribution in [0, 0.1) is 0 Å². The monoisotopic (exact) mass is 176 g/mol. The standard InChI is InChI=1S/C11H16N2/c1-8(2)13-6-9-3-4-11(12)5-10(9)7-13/h3-5,8H,6-7,12H2,1-2H3. The molecule has 1 heterocycles. The van der Waals surface area contributed by atoms with Crippen molar-refractivity contribution < 1.29 is 0 Å². The van der Waals surface area contributed by atoms with Gasteiger partial charge in [-0.2, -0.15) is 0 Å². The first-order valence-electron chi connectivity index (χ1n) is 4.78. The molecular weight excluding hydrogens is 160 g/mol. The third-order valence-electron chi connectivity index (χ3n) is 2.71. The zero-order chi connectivity index (χ0) is 9.42. The maximum absolute atomic E-state index is 5.73. The molecule has 1 aromatic carbocycles. The van der Waals surface area contributed by atoms with Gasteiger partial charge in [0.1, 0.15) is 0 Å². The molecule has 0 radical (unpaired) electrons. The Balaban J connectivity index is 2.25. The van der Waals surface area contributed by atoms with E-state index in [0.29, 0.717) is 6.04 Å². The average molecular weight is 176 g/mol. The van der Waals surface area contributed by atoms with Gasteiger partial charge in [-0.15, -0.1) is 0 Å². The lowest BCUT2D eigenvalue weighted by atomic mass is 10.1. The molecule has 2 N–H and O–H groups in total. The molecule has 0 saturated carbocycles. The molecule has 2 nitrogen and oxygen atoms in total. The fourth-order valence-electron chi connectivity index (χ4n) is 1.81. The molecule has 0 aliphatic carbocycles. The van der Waals surface area contributed by atoms with E-state index >= 15 is 0 Å². The van der Waals surface area contributed by atoms with Crippen LogP contribution in [-0.4, -0.2) is 10.9 Å². The van der Waals surface area contributed by atoms with Gasteiger partial charge in [-0.3, -0.25) is 4.90 Å². The number of fused-ring (bicyclic) bond motifs is 1. The van der Waals surface area contributed by atoms with E-state index in [0.717, 1.165) is 18.8 Å². The van der Waals surface area contributed by atoms with Gasteiger partial charge in [-0.1, -0.05) is 6.07 Å². The van der Waals surface area contributed by atoms with Gasteiger partial charge >= 0.3 is 0 Å². The first kappa shape index (κ1) is 8.57. The highest BCUT2D eigenvalue weighted by atomic mass is 15.2. The largest absolute Gasteiger partial charge is 0.399 e. The number of hydrogen-bond donors (Lipinski definition) is 1. The highest BCUT2D eigenvalue weighted by Gasteiger charge is 2.20. The molecule has 1 aromatic rings. The number of nitrogens with two attached hydrogens (primary N) is 1. The van der Waals surface area contributed by atoms with E-state index < -0.39 is 0 Å². The normalized spacial score (nSPS) is 16.5. The zero-order valence-electron chi connectivity index (χ0n) is 8.25. The van der Waals surface area contributed by atoms with Crippen molar-refractivity contribution in [2.24, 2.45) is 0 Å². The van der Waals surface area contributed by atoms with Gasteiger partial charge in [0.25, 0.3) is 0 Å². The summed E-state index contributed by atoms with van der Waals surface area (Å²) in [6.45, 7) is 6.59. The van der Waals surface area contributed by atoms with Crippen LogP contribution in [0.25, 0.3) is 0 Å². The van der Waals surface area contributed by atoms with Crippen molar-refractivity contribution >= 4 is 5.69 Å². The first-order chi connectivity index (χ1) is 6.16. The van der Waals surface area contributed by atoms with Crippen LogP contribution in [0.3, 0.4) is 0 Å². The van der Waals surface area contributed by atoms with E-state index in [4.69, 9.17) is 5.73 Å². The predicted molar refractivity (Wildman–Crippen MR) is 55.2 cm³/mol. The Morgan fingerprint density at radius 1 is 1.23 bits per heavy atom. The molecule has 2 rings (SSSR count). The molecule has 13 heavy (non-hydrogen) atoms. The lowest BCUT2D eigenvalue weighted by Crippen LogP contribution is -2.24. The minimum atomic E-state index is 0.619. The summed E-state index contributed by atoms with van der Waals surface area (Å²) in [5.74, 6) is 0. The molecule has 1 aliphatic rings. The third kappa shape index (κ3) is 1.54. The van der Waals surface area contributed by atoms with Crippen molar-refractivity contribution in [1.29, 1.82) is 0 Å². The van der Waals surface area contributed by atoms with Crippen LogP contribution in [-0.2, 0) is 13.1 Å². The molecule has 0 bridgehead atoms. The van der Waals surface area contributed by atoms with Gasteiger partial charge in [-0.25, -0.2) is 0 Å². The van der Waals surface area contributed by atoms with Crippen LogP contribution in [0.5, 0.6) is 0 Å². The topological polar surface area (TPSA) is 29.3 Å². The number of hydrogen-bond acceptors (Lipinski definition) is 2. The summed E-state index contributed by atoms with van der Waals surface area (Å²) in [5.41, 5.74) is 9.44. The van der Waals surface area contributed by atoms with E-state index in [1.54, 1.807) is 0 Å². The fraction of sp³-hybridized carbons (Fsp3) is 0.455. The summed E-state index contributed by atoms with van der Waals surface area (Å²) in [7, 11) is 0. The van der Waals surface area contributed by atoms with Crippen LogP contribution >= 0.6 is 0 Å². The minimum absolute atomic E-state index is 0.619. The highest BCUT2D eigenvalue weighted by Crippen LogP contribution is 2.25. The molecule has 0 fully saturated rings. The second kappa shape index (κ2) is 3.04. The summed E-state index contributed by atoms with van der Waals surface area (Å²) in [4.78, 5) is 2.45. The molecule has 0 amide bonds. The van der Waals surface area contributed by atoms with Gasteiger partial charge in [0.2, 0.25) is 0 Å². The smallest absolute Gasteiger partial charge is 0.0317 e. The maximum atomic E-state index is 5.73. The fourth-order valence-corrected chi connectivity index (χ4v) is 1.81. The van der Waals surface area contributed by atoms with Crippen molar-refractivity contribution in [3.8, 4) is 0 Å². The lowest BCUT2D eigenvalue weighted by molar-refractivity contribution is 0.227. The van der Waals surface area contributed by atoms with Crippen LogP contribution in [0.1, 0.15) is 25.0 Å². The van der Waals surface area contributed by atoms with E-state index in [1.807, 2.05) is 6.07 Å². The van der Waals surface area contributed by atoms with Crippen molar-refractivity contribution in [2.75, 3.05) is 5.73 Å². The first-order valence-corrected chi connectivity index (χ1v) is 4.78. The van der Waals surface area contributed by atoms with Gasteiger partial charge < -0.3 is 5.73 Å². The number of nitrogen functional groups attached to an aromatic ring is 1. The Bertz CT molecular complexity index is 318. The summed E-state index contributed by atoms with van der Waals surface area (Å²) >= 11 is 0. The number of benzene rings is 1. The van der Waals surface area contributed by atoms with Crippen molar-refractivity contribution in [3.05, 3.63) is 29.3 Å². The summed E-state index contributed by atoms with van der Waals surface area (Å²) in [6, 6.07) is 6.85. The van der Waals surface area contributed by atoms with Crippen LogP contribution in [0.4, 0.5) is 5.69 Å². The van der Waals surface area contributed by atoms with E-state index in [9.17, 15) is 0 Å². The van der Waals surface area contributed by atoms with Crippen LogP contribution in [0.2, 0.25) is 0 Å². The second-order valence-electron chi connectivity index (χ2n) is 4.03. The van der Waals surface area contributed by atoms with E-state index in [1.165, 1.54) is 11.1 Å². The Kier molecular flexibility index (Phi) is 2.00. The Morgan fingerprint density at radius 3 is 2.62 bits per heavy atom. The molecular formula is C11H16N2. The van der Waals surface area contributed by atoms with E-state index in [2.05, 4.69) is 30.9 Å². The molecule has 0 atom stereocenters. The van der Waals surface area contributed by atoms with Gasteiger partial charge in [0, 0.05) is 24.8 Å². The SMILES string of the molecule is CC(C)N1Cc2ccc(N)cc2C1. The van der Waals surface area contributed by atoms with E-state index in [-0.39, 0.29) is 0 Å². The summed E-state index contributed by atoms with van der Waals surface area (Å²) in [6.07, 6.45) is 0. The van der Waals surface area contributed by atoms with Gasteiger partial charge in [0.15, 0.2) is 0 Å². The second-order valence-corrected chi connectivity index (χ2v) is 4.03. The predicted octanol–water partition coefficient (Wildman–Crippen LogP) is 1.99. The zero-order valence-corrected chi connectivity index (χ0v) is 8.25. The Hall–Kier alpha value is -1.02. The quantitative estimate of drug-likeness (QED) is 0.663. The minimum Gasteiger partial charge on any atom is -0.399 e. The highest BCUT2D eigenvalue weighted by molar-refractivity contribution is 5.46. The molecule has 1 aliphatic heterocycles.